The lowest BCUT2D eigenvalue weighted by molar-refractivity contribution is -0.128. The van der Waals surface area contributed by atoms with Crippen LogP contribution in [0, 0.1) is 5.92 Å². The van der Waals surface area contributed by atoms with Crippen LogP contribution in [-0.2, 0) is 14.3 Å². The third kappa shape index (κ3) is 5.93. The lowest BCUT2D eigenvalue weighted by Crippen LogP contribution is -2.45. The lowest BCUT2D eigenvalue weighted by atomic mass is 10.0. The second kappa shape index (κ2) is 8.71. The molecule has 3 atom stereocenters. The Morgan fingerprint density at radius 1 is 1.24 bits per heavy atom. The molecule has 2 aliphatic heterocycles. The van der Waals surface area contributed by atoms with Crippen molar-refractivity contribution in [3.63, 3.8) is 0 Å². The van der Waals surface area contributed by atoms with E-state index in [0.29, 0.717) is 18.8 Å². The van der Waals surface area contributed by atoms with Crippen LogP contribution in [0.25, 0.3) is 0 Å². The van der Waals surface area contributed by atoms with Crippen LogP contribution >= 0.6 is 0 Å². The molecule has 0 unspecified atom stereocenters. The van der Waals surface area contributed by atoms with Gasteiger partial charge in [0, 0.05) is 26.2 Å². The number of carbonyl (C=O) groups is 1. The van der Waals surface area contributed by atoms with Crippen molar-refractivity contribution in [1.29, 1.82) is 0 Å². The van der Waals surface area contributed by atoms with Gasteiger partial charge in [0.2, 0.25) is 5.91 Å². The smallest absolute Gasteiger partial charge is 0.225 e. The van der Waals surface area contributed by atoms with Crippen molar-refractivity contribution >= 4 is 5.91 Å². The van der Waals surface area contributed by atoms with Crippen LogP contribution in [0.5, 0.6) is 0 Å². The Kier molecular flexibility index (Phi) is 6.93. The number of ether oxygens (including phenoxy) is 2. The standard InChI is InChI=1S/C16H30N2O3/c1-13-10-18(11-14(2)21-13)8-4-3-7-17-16(19)15-6-5-9-20-12-15/h13-15H,3-12H2,1-2H3,(H,17,19)/t13-,14-,15+/m0/s1. The molecule has 1 amide bonds. The molecule has 0 aromatic rings. The molecule has 2 rings (SSSR count). The molecule has 2 heterocycles. The molecule has 0 aromatic carbocycles. The van der Waals surface area contributed by atoms with Crippen LogP contribution in [0.3, 0.4) is 0 Å². The molecule has 0 saturated carbocycles. The van der Waals surface area contributed by atoms with Crippen LogP contribution in [0.2, 0.25) is 0 Å². The Hall–Kier alpha value is -0.650. The van der Waals surface area contributed by atoms with Gasteiger partial charge in [-0.1, -0.05) is 0 Å². The molecule has 0 aromatic heterocycles. The van der Waals surface area contributed by atoms with E-state index in [1.807, 2.05) is 0 Å². The minimum atomic E-state index is 0.0692. The molecule has 0 spiro atoms. The highest BCUT2D eigenvalue weighted by Gasteiger charge is 2.22. The van der Waals surface area contributed by atoms with E-state index in [1.165, 1.54) is 0 Å². The van der Waals surface area contributed by atoms with Crippen LogP contribution in [-0.4, -0.2) is 62.4 Å². The van der Waals surface area contributed by atoms with Gasteiger partial charge in [-0.05, 0) is 46.1 Å². The van der Waals surface area contributed by atoms with Gasteiger partial charge in [-0.2, -0.15) is 0 Å². The summed E-state index contributed by atoms with van der Waals surface area (Å²) in [5.74, 6) is 0.239. The summed E-state index contributed by atoms with van der Waals surface area (Å²) in [5, 5.41) is 3.05. The Balaban J connectivity index is 1.52. The Labute approximate surface area is 128 Å². The third-order valence-corrected chi connectivity index (χ3v) is 4.23. The molecule has 122 valence electrons. The van der Waals surface area contributed by atoms with Gasteiger partial charge in [0.1, 0.15) is 0 Å². The second-order valence-electron chi connectivity index (χ2n) is 6.43. The van der Waals surface area contributed by atoms with E-state index >= 15 is 0 Å². The second-order valence-corrected chi connectivity index (χ2v) is 6.43. The first-order valence-electron chi connectivity index (χ1n) is 8.38. The summed E-state index contributed by atoms with van der Waals surface area (Å²) in [5.41, 5.74) is 0. The Morgan fingerprint density at radius 2 is 2.00 bits per heavy atom. The number of morpholine rings is 1. The summed E-state index contributed by atoms with van der Waals surface area (Å²) < 4.78 is 11.1. The fourth-order valence-electron chi connectivity index (χ4n) is 3.23. The average Bonchev–Trinajstić information content (AvgIpc) is 2.46. The van der Waals surface area contributed by atoms with E-state index in [0.717, 1.165) is 58.5 Å². The summed E-state index contributed by atoms with van der Waals surface area (Å²) in [6.07, 6.45) is 4.81. The first-order valence-corrected chi connectivity index (χ1v) is 8.38. The first kappa shape index (κ1) is 16.7. The Morgan fingerprint density at radius 3 is 2.67 bits per heavy atom. The highest BCUT2D eigenvalue weighted by atomic mass is 16.5. The van der Waals surface area contributed by atoms with E-state index in [2.05, 4.69) is 24.1 Å². The van der Waals surface area contributed by atoms with Crippen molar-refractivity contribution in [1.82, 2.24) is 10.2 Å². The third-order valence-electron chi connectivity index (χ3n) is 4.23. The van der Waals surface area contributed by atoms with Crippen molar-refractivity contribution in [2.75, 3.05) is 39.4 Å². The molecule has 5 nitrogen and oxygen atoms in total. The number of nitrogens with zero attached hydrogens (tertiary/aromatic N) is 1. The molecule has 5 heteroatoms. The maximum atomic E-state index is 11.9. The maximum absolute atomic E-state index is 11.9. The number of amides is 1. The number of carbonyl (C=O) groups excluding carboxylic acids is 1. The van der Waals surface area contributed by atoms with Crippen LogP contribution in [0.4, 0.5) is 0 Å². The SMILES string of the molecule is C[C@H]1CN(CCCCNC(=O)[C@@H]2CCCOC2)C[C@H](C)O1. The quantitative estimate of drug-likeness (QED) is 0.754. The van der Waals surface area contributed by atoms with Gasteiger partial charge in [0.25, 0.3) is 0 Å². The predicted octanol–water partition coefficient (Wildman–Crippen LogP) is 1.42. The topological polar surface area (TPSA) is 50.8 Å². The molecule has 2 fully saturated rings. The van der Waals surface area contributed by atoms with Gasteiger partial charge in [0.15, 0.2) is 0 Å². The zero-order valence-corrected chi connectivity index (χ0v) is 13.5. The van der Waals surface area contributed by atoms with Crippen LogP contribution in [0.1, 0.15) is 39.5 Å². The van der Waals surface area contributed by atoms with Crippen molar-refractivity contribution < 1.29 is 14.3 Å². The normalized spacial score (nSPS) is 31.0. The number of nitrogens with one attached hydrogen (secondary N) is 1. The van der Waals surface area contributed by atoms with Gasteiger partial charge < -0.3 is 14.8 Å². The van der Waals surface area contributed by atoms with Gasteiger partial charge in [-0.25, -0.2) is 0 Å². The van der Waals surface area contributed by atoms with Crippen molar-refractivity contribution in [2.45, 2.75) is 51.7 Å². The summed E-state index contributed by atoms with van der Waals surface area (Å²) in [6.45, 7) is 9.59. The van der Waals surface area contributed by atoms with Crippen molar-refractivity contribution in [3.05, 3.63) is 0 Å². The van der Waals surface area contributed by atoms with Gasteiger partial charge in [0.05, 0.1) is 24.7 Å². The van der Waals surface area contributed by atoms with E-state index in [4.69, 9.17) is 9.47 Å². The van der Waals surface area contributed by atoms with Gasteiger partial charge in [-0.15, -0.1) is 0 Å². The number of unbranched alkanes of at least 4 members (excludes halogenated alkanes) is 1. The van der Waals surface area contributed by atoms with Crippen LogP contribution in [0.15, 0.2) is 0 Å². The zero-order chi connectivity index (χ0) is 15.1. The summed E-state index contributed by atoms with van der Waals surface area (Å²) in [4.78, 5) is 14.4. The molecule has 2 saturated heterocycles. The molecule has 2 aliphatic rings. The maximum Gasteiger partial charge on any atom is 0.225 e. The minimum absolute atomic E-state index is 0.0692. The zero-order valence-electron chi connectivity index (χ0n) is 13.5. The molecular weight excluding hydrogens is 268 g/mol. The molecule has 0 aliphatic carbocycles. The minimum Gasteiger partial charge on any atom is -0.381 e. The molecular formula is C16H30N2O3. The number of hydrogen-bond acceptors (Lipinski definition) is 4. The molecule has 21 heavy (non-hydrogen) atoms. The molecule has 0 bridgehead atoms. The van der Waals surface area contributed by atoms with Crippen molar-refractivity contribution in [3.8, 4) is 0 Å². The van der Waals surface area contributed by atoms with E-state index in [-0.39, 0.29) is 11.8 Å². The molecule has 1 N–H and O–H groups in total. The van der Waals surface area contributed by atoms with Crippen LogP contribution < -0.4 is 5.32 Å². The van der Waals surface area contributed by atoms with Gasteiger partial charge >= 0.3 is 0 Å². The van der Waals surface area contributed by atoms with Gasteiger partial charge in [-0.3, -0.25) is 9.69 Å². The van der Waals surface area contributed by atoms with E-state index < -0.39 is 0 Å². The van der Waals surface area contributed by atoms with Crippen molar-refractivity contribution in [2.24, 2.45) is 5.92 Å². The highest BCUT2D eigenvalue weighted by molar-refractivity contribution is 5.78. The number of rotatable bonds is 6. The van der Waals surface area contributed by atoms with E-state index in [1.54, 1.807) is 0 Å². The molecule has 0 radical (unpaired) electrons. The average molecular weight is 298 g/mol. The number of hydrogen-bond donors (Lipinski definition) is 1. The lowest BCUT2D eigenvalue weighted by Gasteiger charge is -2.35. The Bertz CT molecular complexity index is 309. The monoisotopic (exact) mass is 298 g/mol. The highest BCUT2D eigenvalue weighted by Crippen LogP contribution is 2.13. The largest absolute Gasteiger partial charge is 0.381 e. The fourth-order valence-corrected chi connectivity index (χ4v) is 3.23. The summed E-state index contributed by atoms with van der Waals surface area (Å²) in [7, 11) is 0. The summed E-state index contributed by atoms with van der Waals surface area (Å²) in [6, 6.07) is 0. The first-order chi connectivity index (χ1) is 10.1. The van der Waals surface area contributed by atoms with E-state index in [9.17, 15) is 4.79 Å². The predicted molar refractivity (Wildman–Crippen MR) is 82.2 cm³/mol. The summed E-state index contributed by atoms with van der Waals surface area (Å²) >= 11 is 0. The fraction of sp³-hybridized carbons (Fsp3) is 0.938.